The highest BCUT2D eigenvalue weighted by Gasteiger charge is 2.25. The van der Waals surface area contributed by atoms with Crippen molar-refractivity contribution < 1.29 is 14.6 Å². The molecule has 0 bridgehead atoms. The largest absolute Gasteiger partial charge is 0.495 e. The Labute approximate surface area is 112 Å². The highest BCUT2D eigenvalue weighted by Crippen LogP contribution is 2.32. The standard InChI is InChI=1S/C13H18ClNO3/c1-4-10(13(16)17)15(5-2)11-8-9(14)6-7-12(11)18-3/h6-8,10H,4-5H2,1-3H3,(H,16,17). The van der Waals surface area contributed by atoms with Gasteiger partial charge in [0.25, 0.3) is 0 Å². The van der Waals surface area contributed by atoms with Crippen LogP contribution in [-0.4, -0.2) is 30.8 Å². The first-order valence-corrected chi connectivity index (χ1v) is 6.25. The molecule has 4 nitrogen and oxygen atoms in total. The van der Waals surface area contributed by atoms with Crippen LogP contribution in [0.15, 0.2) is 18.2 Å². The van der Waals surface area contributed by atoms with Crippen molar-refractivity contribution in [2.24, 2.45) is 0 Å². The van der Waals surface area contributed by atoms with E-state index in [-0.39, 0.29) is 0 Å². The van der Waals surface area contributed by atoms with Gasteiger partial charge >= 0.3 is 5.97 Å². The van der Waals surface area contributed by atoms with Crippen molar-refractivity contribution in [3.8, 4) is 5.75 Å². The lowest BCUT2D eigenvalue weighted by molar-refractivity contribution is -0.138. The van der Waals surface area contributed by atoms with Crippen LogP contribution in [0.5, 0.6) is 5.75 Å². The molecular weight excluding hydrogens is 254 g/mol. The highest BCUT2D eigenvalue weighted by atomic mass is 35.5. The maximum atomic E-state index is 11.3. The van der Waals surface area contributed by atoms with E-state index in [2.05, 4.69) is 0 Å². The Morgan fingerprint density at radius 3 is 2.61 bits per heavy atom. The quantitative estimate of drug-likeness (QED) is 0.864. The fraction of sp³-hybridized carbons (Fsp3) is 0.462. The minimum atomic E-state index is -0.846. The lowest BCUT2D eigenvalue weighted by Gasteiger charge is -2.30. The van der Waals surface area contributed by atoms with Crippen molar-refractivity contribution in [3.05, 3.63) is 23.2 Å². The third kappa shape index (κ3) is 3.07. The van der Waals surface area contributed by atoms with E-state index in [0.717, 1.165) is 0 Å². The molecule has 1 aromatic rings. The second-order valence-corrected chi connectivity index (χ2v) is 4.30. The number of aliphatic carboxylic acids is 1. The molecule has 5 heteroatoms. The number of benzene rings is 1. The van der Waals surface area contributed by atoms with Gasteiger partial charge in [0, 0.05) is 11.6 Å². The maximum Gasteiger partial charge on any atom is 0.326 e. The molecule has 0 saturated heterocycles. The third-order valence-electron chi connectivity index (χ3n) is 2.84. The van der Waals surface area contributed by atoms with Gasteiger partial charge in [0.1, 0.15) is 11.8 Å². The van der Waals surface area contributed by atoms with Gasteiger partial charge < -0.3 is 14.7 Å². The van der Waals surface area contributed by atoms with Crippen LogP contribution in [0.1, 0.15) is 20.3 Å². The molecule has 1 aromatic carbocycles. The normalized spacial score (nSPS) is 12.0. The van der Waals surface area contributed by atoms with E-state index in [9.17, 15) is 9.90 Å². The maximum absolute atomic E-state index is 11.3. The molecule has 18 heavy (non-hydrogen) atoms. The monoisotopic (exact) mass is 271 g/mol. The number of nitrogens with zero attached hydrogens (tertiary/aromatic N) is 1. The molecule has 0 aliphatic carbocycles. The Morgan fingerprint density at radius 2 is 2.17 bits per heavy atom. The van der Waals surface area contributed by atoms with Gasteiger partial charge in [-0.15, -0.1) is 0 Å². The van der Waals surface area contributed by atoms with Crippen molar-refractivity contribution >= 4 is 23.3 Å². The van der Waals surface area contributed by atoms with Gasteiger partial charge in [0.05, 0.1) is 12.8 Å². The van der Waals surface area contributed by atoms with Crippen LogP contribution >= 0.6 is 11.6 Å². The molecule has 0 aromatic heterocycles. The fourth-order valence-corrected chi connectivity index (χ4v) is 2.14. The van der Waals surface area contributed by atoms with Gasteiger partial charge in [0.15, 0.2) is 0 Å². The Hall–Kier alpha value is -1.42. The van der Waals surface area contributed by atoms with E-state index < -0.39 is 12.0 Å². The van der Waals surface area contributed by atoms with Crippen molar-refractivity contribution in [1.82, 2.24) is 0 Å². The van der Waals surface area contributed by atoms with Gasteiger partial charge in [-0.05, 0) is 31.5 Å². The summed E-state index contributed by atoms with van der Waals surface area (Å²) < 4.78 is 5.26. The van der Waals surface area contributed by atoms with E-state index in [1.807, 2.05) is 13.8 Å². The van der Waals surface area contributed by atoms with Crippen LogP contribution in [0, 0.1) is 0 Å². The molecule has 0 spiro atoms. The zero-order chi connectivity index (χ0) is 13.7. The molecule has 1 unspecified atom stereocenters. The van der Waals surface area contributed by atoms with Crippen LogP contribution in [0.4, 0.5) is 5.69 Å². The number of rotatable bonds is 6. The number of methoxy groups -OCH3 is 1. The van der Waals surface area contributed by atoms with Gasteiger partial charge in [-0.1, -0.05) is 18.5 Å². The van der Waals surface area contributed by atoms with E-state index in [1.165, 1.54) is 0 Å². The zero-order valence-corrected chi connectivity index (χ0v) is 11.6. The molecule has 0 heterocycles. The van der Waals surface area contributed by atoms with Crippen LogP contribution in [0.2, 0.25) is 5.02 Å². The summed E-state index contributed by atoms with van der Waals surface area (Å²) >= 11 is 5.97. The van der Waals surface area contributed by atoms with E-state index in [4.69, 9.17) is 16.3 Å². The summed E-state index contributed by atoms with van der Waals surface area (Å²) in [5.41, 5.74) is 0.710. The molecular formula is C13H18ClNO3. The van der Waals surface area contributed by atoms with Gasteiger partial charge in [-0.2, -0.15) is 0 Å². The number of likely N-dealkylation sites (N-methyl/N-ethyl adjacent to an activating group) is 1. The van der Waals surface area contributed by atoms with Gasteiger partial charge in [-0.3, -0.25) is 0 Å². The van der Waals surface area contributed by atoms with E-state index >= 15 is 0 Å². The molecule has 1 rings (SSSR count). The zero-order valence-electron chi connectivity index (χ0n) is 10.8. The number of halogens is 1. The summed E-state index contributed by atoms with van der Waals surface area (Å²) in [5, 5.41) is 9.81. The average Bonchev–Trinajstić information content (AvgIpc) is 2.35. The van der Waals surface area contributed by atoms with Gasteiger partial charge in [0.2, 0.25) is 0 Å². The van der Waals surface area contributed by atoms with Crippen molar-refractivity contribution in [2.75, 3.05) is 18.6 Å². The second-order valence-electron chi connectivity index (χ2n) is 3.86. The first kappa shape index (κ1) is 14.6. The summed E-state index contributed by atoms with van der Waals surface area (Å²) in [5.74, 6) is -0.220. The molecule has 0 aliphatic rings. The second kappa shape index (κ2) is 6.50. The van der Waals surface area contributed by atoms with Crippen LogP contribution < -0.4 is 9.64 Å². The first-order chi connectivity index (χ1) is 8.54. The SMILES string of the molecule is CCC(C(=O)O)N(CC)c1cc(Cl)ccc1OC. The topological polar surface area (TPSA) is 49.8 Å². The number of carboxylic acid groups (broad SMARTS) is 1. The van der Waals surface area contributed by atoms with Crippen molar-refractivity contribution in [1.29, 1.82) is 0 Å². The van der Waals surface area contributed by atoms with Crippen LogP contribution in [0.3, 0.4) is 0 Å². The van der Waals surface area contributed by atoms with Crippen LogP contribution in [-0.2, 0) is 4.79 Å². The number of carbonyl (C=O) groups is 1. The lowest BCUT2D eigenvalue weighted by Crippen LogP contribution is -2.41. The Balaban J connectivity index is 3.22. The Bertz CT molecular complexity index is 423. The fourth-order valence-electron chi connectivity index (χ4n) is 1.97. The summed E-state index contributed by atoms with van der Waals surface area (Å²) in [6, 6.07) is 4.62. The Kier molecular flexibility index (Phi) is 5.28. The highest BCUT2D eigenvalue weighted by molar-refractivity contribution is 6.31. The molecule has 0 aliphatic heterocycles. The molecule has 100 valence electrons. The molecule has 1 N–H and O–H groups in total. The summed E-state index contributed by atoms with van der Waals surface area (Å²) in [6.07, 6.45) is 0.513. The number of hydrogen-bond donors (Lipinski definition) is 1. The molecule has 0 saturated carbocycles. The number of ether oxygens (including phenoxy) is 1. The van der Waals surface area contributed by atoms with Gasteiger partial charge in [-0.25, -0.2) is 4.79 Å². The third-order valence-corrected chi connectivity index (χ3v) is 3.07. The molecule has 1 atom stereocenters. The predicted octanol–water partition coefficient (Wildman–Crippen LogP) is 3.04. The van der Waals surface area contributed by atoms with E-state index in [0.29, 0.717) is 29.4 Å². The minimum absolute atomic E-state index is 0.513. The van der Waals surface area contributed by atoms with E-state index in [1.54, 1.807) is 30.2 Å². The average molecular weight is 272 g/mol. The molecule has 0 radical (unpaired) electrons. The Morgan fingerprint density at radius 1 is 1.50 bits per heavy atom. The number of anilines is 1. The summed E-state index contributed by atoms with van der Waals surface area (Å²) in [7, 11) is 1.56. The number of hydrogen-bond acceptors (Lipinski definition) is 3. The lowest BCUT2D eigenvalue weighted by atomic mass is 10.1. The van der Waals surface area contributed by atoms with Crippen LogP contribution in [0.25, 0.3) is 0 Å². The predicted molar refractivity (Wildman–Crippen MR) is 72.7 cm³/mol. The van der Waals surface area contributed by atoms with Crippen molar-refractivity contribution in [2.45, 2.75) is 26.3 Å². The molecule has 0 fully saturated rings. The minimum Gasteiger partial charge on any atom is -0.495 e. The first-order valence-electron chi connectivity index (χ1n) is 5.88. The smallest absolute Gasteiger partial charge is 0.326 e. The summed E-state index contributed by atoms with van der Waals surface area (Å²) in [4.78, 5) is 13.1. The molecule has 0 amide bonds. The summed E-state index contributed by atoms with van der Waals surface area (Å²) in [6.45, 7) is 4.33. The number of carboxylic acids is 1. The van der Waals surface area contributed by atoms with Crippen molar-refractivity contribution in [3.63, 3.8) is 0 Å².